The summed E-state index contributed by atoms with van der Waals surface area (Å²) in [6.45, 7) is 8.20. The first kappa shape index (κ1) is 15.2. The molecule has 4 heteroatoms. The van der Waals surface area contributed by atoms with E-state index in [2.05, 4.69) is 34.7 Å². The van der Waals surface area contributed by atoms with Gasteiger partial charge in [0.05, 0.1) is 0 Å². The Morgan fingerprint density at radius 2 is 2.05 bits per heavy atom. The molecule has 2 atom stereocenters. The molecule has 3 aliphatic heterocycles. The number of hydrogen-bond acceptors (Lipinski definition) is 3. The van der Waals surface area contributed by atoms with Gasteiger partial charge in [-0.05, 0) is 44.7 Å². The summed E-state index contributed by atoms with van der Waals surface area (Å²) >= 11 is 0. The zero-order valence-electron chi connectivity index (χ0n) is 13.5. The molecule has 0 aromatic carbocycles. The Bertz CT molecular complexity index is 555. The van der Waals surface area contributed by atoms with Crippen LogP contribution in [0.15, 0.2) is 36.2 Å². The smallest absolute Gasteiger partial charge is 0.254 e. The van der Waals surface area contributed by atoms with Gasteiger partial charge in [-0.2, -0.15) is 0 Å². The highest BCUT2D eigenvalue weighted by molar-refractivity contribution is 5.94. The molecule has 0 saturated carbocycles. The molecule has 22 heavy (non-hydrogen) atoms. The van der Waals surface area contributed by atoms with Crippen molar-refractivity contribution in [1.29, 1.82) is 0 Å². The van der Waals surface area contributed by atoms with Crippen molar-refractivity contribution < 1.29 is 4.79 Å². The topological polar surface area (TPSA) is 36.4 Å². The molecular formula is C18H25N3O. The maximum absolute atomic E-state index is 12.7. The van der Waals surface area contributed by atoms with Crippen molar-refractivity contribution in [2.75, 3.05) is 26.2 Å². The van der Waals surface area contributed by atoms with Gasteiger partial charge in [0.25, 0.3) is 5.91 Å². The SMILES string of the molecule is C/C=C(\C)CN1C[C@@H]2CC[C@H]1CN(C(=O)c1ccncc1)C2. The Labute approximate surface area is 132 Å². The second-order valence-electron chi connectivity index (χ2n) is 6.61. The highest BCUT2D eigenvalue weighted by Crippen LogP contribution is 2.29. The quantitative estimate of drug-likeness (QED) is 0.805. The lowest BCUT2D eigenvalue weighted by molar-refractivity contribution is 0.0740. The van der Waals surface area contributed by atoms with E-state index in [9.17, 15) is 4.79 Å². The summed E-state index contributed by atoms with van der Waals surface area (Å²) in [5.74, 6) is 0.762. The minimum Gasteiger partial charge on any atom is -0.337 e. The molecule has 0 aliphatic carbocycles. The van der Waals surface area contributed by atoms with E-state index in [1.165, 1.54) is 18.4 Å². The van der Waals surface area contributed by atoms with Crippen molar-refractivity contribution in [3.8, 4) is 0 Å². The van der Waals surface area contributed by atoms with Gasteiger partial charge in [0.2, 0.25) is 0 Å². The fraction of sp³-hybridized carbons (Fsp3) is 0.556. The summed E-state index contributed by atoms with van der Waals surface area (Å²) in [6, 6.07) is 4.13. The van der Waals surface area contributed by atoms with Crippen molar-refractivity contribution >= 4 is 5.91 Å². The standard InChI is InChI=1S/C18H25N3O/c1-3-14(2)10-20-11-15-4-5-17(20)13-21(12-15)18(22)16-6-8-19-9-7-16/h3,6-9,15,17H,4-5,10-13H2,1-2H3/b14-3+/t15-,17-/m0/s1. The monoisotopic (exact) mass is 299 g/mol. The number of hydrogen-bond donors (Lipinski definition) is 0. The summed E-state index contributed by atoms with van der Waals surface area (Å²) in [6.07, 6.45) is 8.04. The third kappa shape index (κ3) is 3.22. The number of aromatic nitrogens is 1. The third-order valence-corrected chi connectivity index (χ3v) is 4.99. The lowest BCUT2D eigenvalue weighted by Crippen LogP contribution is -2.45. The van der Waals surface area contributed by atoms with Crippen LogP contribution in [0.5, 0.6) is 0 Å². The summed E-state index contributed by atoms with van der Waals surface area (Å²) in [5.41, 5.74) is 2.17. The first-order valence-corrected chi connectivity index (χ1v) is 8.22. The summed E-state index contributed by atoms with van der Waals surface area (Å²) < 4.78 is 0. The number of rotatable bonds is 3. The van der Waals surface area contributed by atoms with Gasteiger partial charge in [-0.1, -0.05) is 11.6 Å². The summed E-state index contributed by atoms with van der Waals surface area (Å²) in [5, 5.41) is 0. The van der Waals surface area contributed by atoms with Crippen LogP contribution >= 0.6 is 0 Å². The second-order valence-corrected chi connectivity index (χ2v) is 6.61. The number of piperidine rings is 1. The third-order valence-electron chi connectivity index (χ3n) is 4.99. The lowest BCUT2D eigenvalue weighted by atomic mass is 9.94. The van der Waals surface area contributed by atoms with Gasteiger partial charge >= 0.3 is 0 Å². The highest BCUT2D eigenvalue weighted by Gasteiger charge is 2.36. The van der Waals surface area contributed by atoms with Gasteiger partial charge in [-0.15, -0.1) is 0 Å². The normalized spacial score (nSPS) is 26.1. The van der Waals surface area contributed by atoms with Gasteiger partial charge in [0, 0.05) is 50.2 Å². The van der Waals surface area contributed by atoms with Crippen LogP contribution in [0, 0.1) is 5.92 Å². The first-order valence-electron chi connectivity index (χ1n) is 8.22. The Morgan fingerprint density at radius 3 is 2.77 bits per heavy atom. The maximum Gasteiger partial charge on any atom is 0.254 e. The molecule has 118 valence electrons. The predicted octanol–water partition coefficient (Wildman–Crippen LogP) is 2.58. The average molecular weight is 299 g/mol. The Balaban J connectivity index is 1.74. The molecule has 0 spiro atoms. The van der Waals surface area contributed by atoms with Crippen LogP contribution in [0.4, 0.5) is 0 Å². The molecule has 4 nitrogen and oxygen atoms in total. The van der Waals surface area contributed by atoms with Crippen LogP contribution in [-0.4, -0.2) is 52.9 Å². The fourth-order valence-corrected chi connectivity index (χ4v) is 3.63. The maximum atomic E-state index is 12.7. The van der Waals surface area contributed by atoms with Crippen LogP contribution in [0.2, 0.25) is 0 Å². The van der Waals surface area contributed by atoms with E-state index in [-0.39, 0.29) is 5.91 Å². The van der Waals surface area contributed by atoms with Gasteiger partial charge in [-0.3, -0.25) is 14.7 Å². The minimum absolute atomic E-state index is 0.156. The van der Waals surface area contributed by atoms with Crippen LogP contribution in [0.1, 0.15) is 37.0 Å². The Morgan fingerprint density at radius 1 is 1.27 bits per heavy atom. The average Bonchev–Trinajstić information content (AvgIpc) is 2.86. The lowest BCUT2D eigenvalue weighted by Gasteiger charge is -2.36. The van der Waals surface area contributed by atoms with Gasteiger partial charge < -0.3 is 4.90 Å². The van der Waals surface area contributed by atoms with E-state index >= 15 is 0 Å². The van der Waals surface area contributed by atoms with Crippen molar-refractivity contribution in [2.45, 2.75) is 32.7 Å². The molecule has 4 rings (SSSR count). The first-order chi connectivity index (χ1) is 10.7. The largest absolute Gasteiger partial charge is 0.337 e. The van der Waals surface area contributed by atoms with Crippen LogP contribution in [0.25, 0.3) is 0 Å². The van der Waals surface area contributed by atoms with Crippen molar-refractivity contribution in [1.82, 2.24) is 14.8 Å². The number of carbonyl (C=O) groups excluding carboxylic acids is 1. The van der Waals surface area contributed by atoms with Gasteiger partial charge in [-0.25, -0.2) is 0 Å². The van der Waals surface area contributed by atoms with Crippen LogP contribution in [-0.2, 0) is 0 Å². The number of allylic oxidation sites excluding steroid dienone is 1. The molecule has 0 N–H and O–H groups in total. The highest BCUT2D eigenvalue weighted by atomic mass is 16.2. The number of nitrogens with zero attached hydrogens (tertiary/aromatic N) is 3. The molecule has 0 radical (unpaired) electrons. The molecule has 2 bridgehead atoms. The zero-order valence-corrected chi connectivity index (χ0v) is 13.5. The Kier molecular flexibility index (Phi) is 4.57. The number of carbonyl (C=O) groups is 1. The predicted molar refractivity (Wildman–Crippen MR) is 87.7 cm³/mol. The minimum atomic E-state index is 0.156. The summed E-state index contributed by atoms with van der Waals surface area (Å²) in [4.78, 5) is 21.4. The van der Waals surface area contributed by atoms with Crippen molar-refractivity contribution in [3.05, 3.63) is 41.7 Å². The number of fused-ring (bicyclic) bond motifs is 4. The molecule has 1 aromatic rings. The van der Waals surface area contributed by atoms with E-state index in [4.69, 9.17) is 0 Å². The number of amides is 1. The van der Waals surface area contributed by atoms with E-state index in [0.717, 1.165) is 31.7 Å². The molecule has 3 saturated heterocycles. The molecule has 1 amide bonds. The van der Waals surface area contributed by atoms with Crippen LogP contribution < -0.4 is 0 Å². The van der Waals surface area contributed by atoms with Crippen molar-refractivity contribution in [2.24, 2.45) is 5.92 Å². The van der Waals surface area contributed by atoms with Crippen LogP contribution in [0.3, 0.4) is 0 Å². The molecule has 3 fully saturated rings. The second kappa shape index (κ2) is 6.61. The zero-order chi connectivity index (χ0) is 15.5. The Hall–Kier alpha value is -1.68. The molecule has 0 unspecified atom stereocenters. The van der Waals surface area contributed by atoms with Gasteiger partial charge in [0.15, 0.2) is 0 Å². The molecule has 3 aliphatic rings. The van der Waals surface area contributed by atoms with E-state index in [1.54, 1.807) is 12.4 Å². The summed E-state index contributed by atoms with van der Waals surface area (Å²) in [7, 11) is 0. The molecular weight excluding hydrogens is 274 g/mol. The number of pyridine rings is 1. The molecule has 4 heterocycles. The van der Waals surface area contributed by atoms with E-state index < -0.39 is 0 Å². The van der Waals surface area contributed by atoms with Crippen molar-refractivity contribution in [3.63, 3.8) is 0 Å². The molecule has 1 aromatic heterocycles. The van der Waals surface area contributed by atoms with E-state index in [1.807, 2.05) is 12.1 Å². The van der Waals surface area contributed by atoms with Gasteiger partial charge in [0.1, 0.15) is 0 Å². The fourth-order valence-electron chi connectivity index (χ4n) is 3.63. The van der Waals surface area contributed by atoms with E-state index in [0.29, 0.717) is 12.0 Å².